The second-order valence-corrected chi connectivity index (χ2v) is 6.51. The highest BCUT2D eigenvalue weighted by molar-refractivity contribution is 5.72. The number of fused-ring (bicyclic) bond motifs is 1. The molecule has 0 saturated heterocycles. The molecule has 0 radical (unpaired) electrons. The van der Waals surface area contributed by atoms with Crippen LogP contribution in [0.5, 0.6) is 11.5 Å². The minimum absolute atomic E-state index is 0.0280. The van der Waals surface area contributed by atoms with Crippen molar-refractivity contribution >= 4 is 5.91 Å². The summed E-state index contributed by atoms with van der Waals surface area (Å²) in [5.74, 6) is 1.46. The van der Waals surface area contributed by atoms with Crippen molar-refractivity contribution in [1.29, 1.82) is 0 Å². The molecule has 0 spiro atoms. The highest BCUT2D eigenvalue weighted by Crippen LogP contribution is 2.36. The third kappa shape index (κ3) is 3.99. The topological polar surface area (TPSA) is 77.4 Å². The Hall–Kier alpha value is -3.32. The number of nitrogens with zero attached hydrogens (tertiary/aromatic N) is 2. The van der Waals surface area contributed by atoms with E-state index in [4.69, 9.17) is 14.6 Å². The molecule has 28 heavy (non-hydrogen) atoms. The van der Waals surface area contributed by atoms with Gasteiger partial charge in [0.25, 0.3) is 0 Å². The fourth-order valence-electron chi connectivity index (χ4n) is 3.09. The Labute approximate surface area is 163 Å². The highest BCUT2D eigenvalue weighted by Gasteiger charge is 2.18. The maximum absolute atomic E-state index is 11.0. The maximum atomic E-state index is 11.0. The largest absolute Gasteiger partial charge is 0.454 e. The Balaban J connectivity index is 1.59. The number of hydrogen-bond donors (Lipinski definition) is 2. The van der Waals surface area contributed by atoms with Crippen LogP contribution in [0.2, 0.25) is 0 Å². The molecule has 144 valence electrons. The van der Waals surface area contributed by atoms with Crippen molar-refractivity contribution in [3.8, 4) is 28.4 Å². The number of rotatable bonds is 7. The first-order valence-corrected chi connectivity index (χ1v) is 9.20. The van der Waals surface area contributed by atoms with E-state index in [1.54, 1.807) is 0 Å². The molecule has 4 rings (SSSR count). The van der Waals surface area contributed by atoms with Crippen LogP contribution in [0.3, 0.4) is 0 Å². The lowest BCUT2D eigenvalue weighted by molar-refractivity contribution is -0.118. The number of nitrogens with one attached hydrogen (secondary N) is 2. The standard InChI is InChI=1S/C21H22N4O3/c1-15(26)23-10-9-22-12-17-13-25(18-5-3-2-4-6-18)24-21(17)16-7-8-19-20(11-16)28-14-27-19/h2-8,11,13,22H,9-10,12,14H2,1H3,(H,23,26). The Kier molecular flexibility index (Phi) is 5.25. The molecule has 0 aliphatic carbocycles. The van der Waals surface area contributed by atoms with Crippen LogP contribution in [0.1, 0.15) is 12.5 Å². The molecule has 3 aromatic rings. The summed E-state index contributed by atoms with van der Waals surface area (Å²) in [7, 11) is 0. The van der Waals surface area contributed by atoms with E-state index < -0.39 is 0 Å². The van der Waals surface area contributed by atoms with Gasteiger partial charge in [-0.2, -0.15) is 5.10 Å². The Bertz CT molecular complexity index is 969. The molecule has 0 fully saturated rings. The first kappa shape index (κ1) is 18.1. The van der Waals surface area contributed by atoms with Gasteiger partial charge >= 0.3 is 0 Å². The highest BCUT2D eigenvalue weighted by atomic mass is 16.7. The number of carbonyl (C=O) groups excluding carboxylic acids is 1. The van der Waals surface area contributed by atoms with Crippen LogP contribution in [-0.4, -0.2) is 35.6 Å². The van der Waals surface area contributed by atoms with Gasteiger partial charge in [-0.3, -0.25) is 4.79 Å². The third-order valence-electron chi connectivity index (χ3n) is 4.45. The molecule has 7 nitrogen and oxygen atoms in total. The summed E-state index contributed by atoms with van der Waals surface area (Å²) in [6.07, 6.45) is 2.03. The first-order chi connectivity index (χ1) is 13.7. The van der Waals surface area contributed by atoms with Crippen LogP contribution in [0.25, 0.3) is 16.9 Å². The molecule has 1 aliphatic heterocycles. The smallest absolute Gasteiger partial charge is 0.231 e. The lowest BCUT2D eigenvalue weighted by Gasteiger charge is -2.06. The molecule has 0 unspecified atom stereocenters. The molecular formula is C21H22N4O3. The number of amides is 1. The normalized spacial score (nSPS) is 12.2. The number of para-hydroxylation sites is 1. The van der Waals surface area contributed by atoms with E-state index in [0.29, 0.717) is 19.6 Å². The monoisotopic (exact) mass is 378 g/mol. The molecule has 2 N–H and O–H groups in total. The summed E-state index contributed by atoms with van der Waals surface area (Å²) in [6, 6.07) is 15.9. The summed E-state index contributed by atoms with van der Waals surface area (Å²) >= 11 is 0. The summed E-state index contributed by atoms with van der Waals surface area (Å²) in [5, 5.41) is 11.0. The molecule has 0 saturated carbocycles. The number of carbonyl (C=O) groups is 1. The summed E-state index contributed by atoms with van der Waals surface area (Å²) in [5.41, 5.74) is 3.91. The molecule has 2 heterocycles. The van der Waals surface area contributed by atoms with E-state index in [1.807, 2.05) is 59.4 Å². The minimum Gasteiger partial charge on any atom is -0.454 e. The lowest BCUT2D eigenvalue weighted by Crippen LogP contribution is -2.29. The number of ether oxygens (including phenoxy) is 2. The van der Waals surface area contributed by atoms with E-state index >= 15 is 0 Å². The summed E-state index contributed by atoms with van der Waals surface area (Å²) in [4.78, 5) is 11.0. The quantitative estimate of drug-likeness (QED) is 0.618. The van der Waals surface area contributed by atoms with Gasteiger partial charge in [-0.15, -0.1) is 0 Å². The Morgan fingerprint density at radius 2 is 1.93 bits per heavy atom. The predicted octanol–water partition coefficient (Wildman–Crippen LogP) is 2.49. The van der Waals surface area contributed by atoms with Gasteiger partial charge in [0.2, 0.25) is 12.7 Å². The lowest BCUT2D eigenvalue weighted by atomic mass is 10.1. The van der Waals surface area contributed by atoms with Gasteiger partial charge in [0.15, 0.2) is 11.5 Å². The average molecular weight is 378 g/mol. The van der Waals surface area contributed by atoms with Crippen molar-refractivity contribution < 1.29 is 14.3 Å². The zero-order chi connectivity index (χ0) is 19.3. The molecule has 1 aromatic heterocycles. The fraction of sp³-hybridized carbons (Fsp3) is 0.238. The Morgan fingerprint density at radius 3 is 2.75 bits per heavy atom. The molecule has 1 aliphatic rings. The van der Waals surface area contributed by atoms with E-state index in [-0.39, 0.29) is 12.7 Å². The van der Waals surface area contributed by atoms with Crippen molar-refractivity contribution in [1.82, 2.24) is 20.4 Å². The molecular weight excluding hydrogens is 356 g/mol. The zero-order valence-corrected chi connectivity index (χ0v) is 15.6. The van der Waals surface area contributed by atoms with Gasteiger partial charge in [0.05, 0.1) is 11.4 Å². The molecule has 0 atom stereocenters. The van der Waals surface area contributed by atoms with Crippen molar-refractivity contribution in [3.05, 3.63) is 60.3 Å². The van der Waals surface area contributed by atoms with Gasteiger partial charge in [-0.05, 0) is 30.3 Å². The summed E-state index contributed by atoms with van der Waals surface area (Å²) < 4.78 is 12.8. The molecule has 2 aromatic carbocycles. The van der Waals surface area contributed by atoms with Gasteiger partial charge in [0.1, 0.15) is 0 Å². The van der Waals surface area contributed by atoms with Crippen LogP contribution < -0.4 is 20.1 Å². The molecule has 7 heteroatoms. The second kappa shape index (κ2) is 8.14. The van der Waals surface area contributed by atoms with Crippen LogP contribution >= 0.6 is 0 Å². The van der Waals surface area contributed by atoms with E-state index in [2.05, 4.69) is 10.6 Å². The average Bonchev–Trinajstić information content (AvgIpc) is 3.34. The van der Waals surface area contributed by atoms with Crippen molar-refractivity contribution in [2.45, 2.75) is 13.5 Å². The van der Waals surface area contributed by atoms with Crippen molar-refractivity contribution in [2.24, 2.45) is 0 Å². The van der Waals surface area contributed by atoms with Gasteiger partial charge in [-0.25, -0.2) is 4.68 Å². The molecule has 1 amide bonds. The van der Waals surface area contributed by atoms with Crippen LogP contribution in [0, 0.1) is 0 Å². The number of aromatic nitrogens is 2. The fourth-order valence-corrected chi connectivity index (χ4v) is 3.09. The third-order valence-corrected chi connectivity index (χ3v) is 4.45. The van der Waals surface area contributed by atoms with Crippen molar-refractivity contribution in [3.63, 3.8) is 0 Å². The van der Waals surface area contributed by atoms with Gasteiger partial charge in [0, 0.05) is 43.9 Å². The van der Waals surface area contributed by atoms with Crippen molar-refractivity contribution in [2.75, 3.05) is 19.9 Å². The Morgan fingerprint density at radius 1 is 1.11 bits per heavy atom. The van der Waals surface area contributed by atoms with E-state index in [9.17, 15) is 4.79 Å². The maximum Gasteiger partial charge on any atom is 0.231 e. The number of benzene rings is 2. The number of hydrogen-bond acceptors (Lipinski definition) is 5. The van der Waals surface area contributed by atoms with Crippen LogP contribution in [-0.2, 0) is 11.3 Å². The minimum atomic E-state index is -0.0280. The van der Waals surface area contributed by atoms with E-state index in [0.717, 1.165) is 34.0 Å². The van der Waals surface area contributed by atoms with Gasteiger partial charge in [-0.1, -0.05) is 18.2 Å². The zero-order valence-electron chi connectivity index (χ0n) is 15.6. The van der Waals surface area contributed by atoms with Crippen LogP contribution in [0.4, 0.5) is 0 Å². The van der Waals surface area contributed by atoms with Crippen LogP contribution in [0.15, 0.2) is 54.7 Å². The predicted molar refractivity (Wildman–Crippen MR) is 106 cm³/mol. The van der Waals surface area contributed by atoms with E-state index in [1.165, 1.54) is 6.92 Å². The second-order valence-electron chi connectivity index (χ2n) is 6.51. The van der Waals surface area contributed by atoms with Gasteiger partial charge < -0.3 is 20.1 Å². The molecule has 0 bridgehead atoms. The summed E-state index contributed by atoms with van der Waals surface area (Å²) in [6.45, 7) is 3.66. The first-order valence-electron chi connectivity index (χ1n) is 9.20. The SMILES string of the molecule is CC(=O)NCCNCc1cn(-c2ccccc2)nc1-c1ccc2c(c1)OCO2.